The zero-order valence-electron chi connectivity index (χ0n) is 12.0. The summed E-state index contributed by atoms with van der Waals surface area (Å²) in [4.78, 5) is 13.9. The van der Waals surface area contributed by atoms with Gasteiger partial charge in [-0.05, 0) is 30.4 Å². The monoisotopic (exact) mass is 260 g/mol. The number of benzene rings is 1. The summed E-state index contributed by atoms with van der Waals surface area (Å²) in [6, 6.07) is 8.34. The number of para-hydroxylation sites is 1. The Morgan fingerprint density at radius 1 is 1.26 bits per heavy atom. The van der Waals surface area contributed by atoms with Crippen molar-refractivity contribution < 1.29 is 4.79 Å². The van der Waals surface area contributed by atoms with Crippen molar-refractivity contribution in [3.05, 3.63) is 29.8 Å². The Bertz CT molecular complexity index is 423. The van der Waals surface area contributed by atoms with Crippen molar-refractivity contribution in [1.29, 1.82) is 0 Å². The van der Waals surface area contributed by atoms with Crippen LogP contribution in [0.25, 0.3) is 0 Å². The summed E-state index contributed by atoms with van der Waals surface area (Å²) in [6.07, 6.45) is 2.91. The van der Waals surface area contributed by atoms with E-state index in [1.807, 2.05) is 11.0 Å². The molecule has 1 aliphatic rings. The van der Waals surface area contributed by atoms with Crippen LogP contribution in [-0.2, 0) is 4.79 Å². The van der Waals surface area contributed by atoms with Crippen LogP contribution in [0.2, 0.25) is 0 Å². The van der Waals surface area contributed by atoms with E-state index < -0.39 is 0 Å². The fourth-order valence-electron chi connectivity index (χ4n) is 2.59. The van der Waals surface area contributed by atoms with Gasteiger partial charge in [-0.2, -0.15) is 0 Å². The van der Waals surface area contributed by atoms with Crippen LogP contribution in [0.15, 0.2) is 24.3 Å². The van der Waals surface area contributed by atoms with E-state index in [1.54, 1.807) is 0 Å². The van der Waals surface area contributed by atoms with Gasteiger partial charge in [-0.25, -0.2) is 0 Å². The number of rotatable bonds is 5. The van der Waals surface area contributed by atoms with Crippen LogP contribution in [0.1, 0.15) is 44.6 Å². The van der Waals surface area contributed by atoms with Gasteiger partial charge in [0.25, 0.3) is 0 Å². The van der Waals surface area contributed by atoms with Crippen LogP contribution >= 0.6 is 0 Å². The third-order valence-corrected chi connectivity index (χ3v) is 3.70. The lowest BCUT2D eigenvalue weighted by Gasteiger charge is -2.17. The van der Waals surface area contributed by atoms with E-state index in [0.717, 1.165) is 38.2 Å². The van der Waals surface area contributed by atoms with E-state index in [4.69, 9.17) is 0 Å². The van der Waals surface area contributed by atoms with E-state index in [-0.39, 0.29) is 5.91 Å². The van der Waals surface area contributed by atoms with Gasteiger partial charge in [0.05, 0.1) is 0 Å². The van der Waals surface area contributed by atoms with Gasteiger partial charge in [0.1, 0.15) is 0 Å². The molecule has 1 N–H and O–H groups in total. The molecule has 1 aromatic carbocycles. The number of nitrogens with one attached hydrogen (secondary N) is 1. The minimum atomic E-state index is 0.284. The van der Waals surface area contributed by atoms with Crippen molar-refractivity contribution in [2.24, 2.45) is 0 Å². The molecule has 0 aromatic heterocycles. The zero-order valence-corrected chi connectivity index (χ0v) is 12.0. The number of carbonyl (C=O) groups excluding carboxylic acids is 1. The van der Waals surface area contributed by atoms with Crippen molar-refractivity contribution in [2.75, 3.05) is 25.0 Å². The molecule has 0 bridgehead atoms. The first-order chi connectivity index (χ1) is 9.18. The molecule has 1 aromatic rings. The summed E-state index contributed by atoms with van der Waals surface area (Å²) in [5, 5.41) is 3.40. The molecule has 1 aliphatic heterocycles. The summed E-state index contributed by atoms with van der Waals surface area (Å²) in [5.41, 5.74) is 2.47. The lowest BCUT2D eigenvalue weighted by molar-refractivity contribution is -0.129. The number of hydrogen-bond donors (Lipinski definition) is 1. The molecular weight excluding hydrogens is 236 g/mol. The molecule has 0 atom stereocenters. The standard InChI is InChI=1S/C16H24N2O/c1-13(2)14-7-3-4-8-15(14)17-10-9-16(19)18-11-5-6-12-18/h3-4,7-8,13,17H,5-6,9-12H2,1-2H3. The molecule has 1 heterocycles. The second-order valence-electron chi connectivity index (χ2n) is 5.51. The predicted molar refractivity (Wildman–Crippen MR) is 79.5 cm³/mol. The average Bonchev–Trinajstić information content (AvgIpc) is 2.93. The van der Waals surface area contributed by atoms with Crippen LogP contribution in [0.4, 0.5) is 5.69 Å². The SMILES string of the molecule is CC(C)c1ccccc1NCCC(=O)N1CCCC1. The molecule has 3 heteroatoms. The van der Waals surface area contributed by atoms with Crippen molar-refractivity contribution in [1.82, 2.24) is 4.90 Å². The Labute approximate surface area is 116 Å². The average molecular weight is 260 g/mol. The Kier molecular flexibility index (Phi) is 4.83. The second kappa shape index (κ2) is 6.60. The van der Waals surface area contributed by atoms with Gasteiger partial charge >= 0.3 is 0 Å². The number of hydrogen-bond acceptors (Lipinski definition) is 2. The maximum Gasteiger partial charge on any atom is 0.224 e. The Hall–Kier alpha value is -1.51. The molecule has 0 spiro atoms. The molecular formula is C16H24N2O. The number of nitrogens with zero attached hydrogens (tertiary/aromatic N) is 1. The highest BCUT2D eigenvalue weighted by molar-refractivity contribution is 5.77. The number of anilines is 1. The summed E-state index contributed by atoms with van der Waals surface area (Å²) < 4.78 is 0. The lowest BCUT2D eigenvalue weighted by Crippen LogP contribution is -2.29. The van der Waals surface area contributed by atoms with Crippen molar-refractivity contribution in [2.45, 2.75) is 39.0 Å². The minimum Gasteiger partial charge on any atom is -0.384 e. The first kappa shape index (κ1) is 13.9. The van der Waals surface area contributed by atoms with Crippen LogP contribution < -0.4 is 5.32 Å². The van der Waals surface area contributed by atoms with Crippen molar-refractivity contribution >= 4 is 11.6 Å². The summed E-state index contributed by atoms with van der Waals surface area (Å²) in [7, 11) is 0. The summed E-state index contributed by atoms with van der Waals surface area (Å²) in [6.45, 7) is 6.99. The molecule has 1 fully saturated rings. The first-order valence-corrected chi connectivity index (χ1v) is 7.29. The smallest absolute Gasteiger partial charge is 0.224 e. The van der Waals surface area contributed by atoms with Crippen LogP contribution in [0.5, 0.6) is 0 Å². The van der Waals surface area contributed by atoms with E-state index in [0.29, 0.717) is 12.3 Å². The largest absolute Gasteiger partial charge is 0.384 e. The maximum atomic E-state index is 11.9. The van der Waals surface area contributed by atoms with Gasteiger partial charge < -0.3 is 10.2 Å². The zero-order chi connectivity index (χ0) is 13.7. The molecule has 3 nitrogen and oxygen atoms in total. The molecule has 0 radical (unpaired) electrons. The predicted octanol–water partition coefficient (Wildman–Crippen LogP) is 3.23. The van der Waals surface area contributed by atoms with Crippen LogP contribution in [0.3, 0.4) is 0 Å². The summed E-state index contributed by atoms with van der Waals surface area (Å²) >= 11 is 0. The highest BCUT2D eigenvalue weighted by Crippen LogP contribution is 2.23. The van der Waals surface area contributed by atoms with Crippen LogP contribution in [0, 0.1) is 0 Å². The van der Waals surface area contributed by atoms with Crippen molar-refractivity contribution in [3.63, 3.8) is 0 Å². The van der Waals surface area contributed by atoms with Gasteiger partial charge in [0.2, 0.25) is 5.91 Å². The summed E-state index contributed by atoms with van der Waals surface area (Å²) in [5.74, 6) is 0.782. The van der Waals surface area contributed by atoms with Gasteiger partial charge in [-0.15, -0.1) is 0 Å². The van der Waals surface area contributed by atoms with Gasteiger partial charge in [0, 0.05) is 31.7 Å². The minimum absolute atomic E-state index is 0.284. The quantitative estimate of drug-likeness (QED) is 0.881. The molecule has 1 saturated heterocycles. The number of likely N-dealkylation sites (tertiary alicyclic amines) is 1. The molecule has 1 amide bonds. The van der Waals surface area contributed by atoms with Gasteiger partial charge in [-0.1, -0.05) is 32.0 Å². The third-order valence-electron chi connectivity index (χ3n) is 3.70. The normalized spacial score (nSPS) is 15.0. The molecule has 0 unspecified atom stereocenters. The first-order valence-electron chi connectivity index (χ1n) is 7.29. The molecule has 2 rings (SSSR count). The Morgan fingerprint density at radius 2 is 1.95 bits per heavy atom. The van der Waals surface area contributed by atoms with Crippen LogP contribution in [-0.4, -0.2) is 30.4 Å². The fraction of sp³-hybridized carbons (Fsp3) is 0.562. The van der Waals surface area contributed by atoms with Crippen molar-refractivity contribution in [3.8, 4) is 0 Å². The Morgan fingerprint density at radius 3 is 2.63 bits per heavy atom. The van der Waals surface area contributed by atoms with Gasteiger partial charge in [-0.3, -0.25) is 4.79 Å². The molecule has 0 saturated carbocycles. The maximum absolute atomic E-state index is 11.9. The number of amides is 1. The third kappa shape index (κ3) is 3.72. The van der Waals surface area contributed by atoms with E-state index in [2.05, 4.69) is 37.4 Å². The van der Waals surface area contributed by atoms with E-state index in [9.17, 15) is 4.79 Å². The molecule has 104 valence electrons. The topological polar surface area (TPSA) is 32.3 Å². The highest BCUT2D eigenvalue weighted by Gasteiger charge is 2.17. The lowest BCUT2D eigenvalue weighted by atomic mass is 10.0. The highest BCUT2D eigenvalue weighted by atomic mass is 16.2. The molecule has 19 heavy (non-hydrogen) atoms. The second-order valence-corrected chi connectivity index (χ2v) is 5.51. The number of carbonyl (C=O) groups is 1. The molecule has 0 aliphatic carbocycles. The fourth-order valence-corrected chi connectivity index (χ4v) is 2.59. The van der Waals surface area contributed by atoms with E-state index in [1.165, 1.54) is 5.56 Å². The van der Waals surface area contributed by atoms with E-state index >= 15 is 0 Å². The van der Waals surface area contributed by atoms with Gasteiger partial charge in [0.15, 0.2) is 0 Å². The Balaban J connectivity index is 1.83.